The number of halogens is 2. The molecule has 100 valence electrons. The zero-order valence-corrected chi connectivity index (χ0v) is 10.9. The molecule has 0 heterocycles. The summed E-state index contributed by atoms with van der Waals surface area (Å²) in [7, 11) is 0. The fourth-order valence-corrected chi connectivity index (χ4v) is 2.08. The summed E-state index contributed by atoms with van der Waals surface area (Å²) in [4.78, 5) is 0. The first-order valence-electron chi connectivity index (χ1n) is 6.46. The summed E-state index contributed by atoms with van der Waals surface area (Å²) in [6.45, 7) is 2.78. The van der Waals surface area contributed by atoms with Crippen molar-refractivity contribution in [1.82, 2.24) is 5.32 Å². The summed E-state index contributed by atoms with van der Waals surface area (Å²) in [5, 5.41) is 3.26. The molecule has 1 nitrogen and oxygen atoms in total. The van der Waals surface area contributed by atoms with Crippen LogP contribution in [-0.2, 0) is 0 Å². The Hall–Kier alpha value is -1.74. The summed E-state index contributed by atoms with van der Waals surface area (Å²) in [6, 6.07) is 13.5. The van der Waals surface area contributed by atoms with Crippen molar-refractivity contribution < 1.29 is 8.78 Å². The molecule has 19 heavy (non-hydrogen) atoms. The molecule has 2 aromatic rings. The minimum Gasteiger partial charge on any atom is -0.306 e. The molecule has 0 saturated carbocycles. The first kappa shape index (κ1) is 13.7. The van der Waals surface area contributed by atoms with Gasteiger partial charge in [0, 0.05) is 5.56 Å². The van der Waals surface area contributed by atoms with Crippen molar-refractivity contribution in [3.63, 3.8) is 0 Å². The van der Waals surface area contributed by atoms with E-state index in [4.69, 9.17) is 0 Å². The molecule has 0 aromatic heterocycles. The second kappa shape index (κ2) is 6.43. The van der Waals surface area contributed by atoms with Crippen LogP contribution in [0.3, 0.4) is 0 Å². The minimum atomic E-state index is -0.809. The van der Waals surface area contributed by atoms with Gasteiger partial charge in [0.15, 0.2) is 11.6 Å². The number of hydrogen-bond acceptors (Lipinski definition) is 1. The highest BCUT2D eigenvalue weighted by atomic mass is 19.2. The maximum atomic E-state index is 13.9. The van der Waals surface area contributed by atoms with Gasteiger partial charge in [-0.25, -0.2) is 8.78 Å². The number of benzene rings is 2. The van der Waals surface area contributed by atoms with Crippen molar-refractivity contribution >= 4 is 0 Å². The van der Waals surface area contributed by atoms with Crippen LogP contribution in [-0.4, -0.2) is 6.54 Å². The molecule has 0 aliphatic heterocycles. The van der Waals surface area contributed by atoms with Crippen molar-refractivity contribution in [2.75, 3.05) is 6.54 Å². The summed E-state index contributed by atoms with van der Waals surface area (Å²) >= 11 is 0. The molecular weight excluding hydrogens is 244 g/mol. The molecule has 0 fully saturated rings. The van der Waals surface area contributed by atoms with Gasteiger partial charge in [0.25, 0.3) is 0 Å². The molecule has 0 aliphatic rings. The van der Waals surface area contributed by atoms with Crippen molar-refractivity contribution in [3.05, 3.63) is 71.3 Å². The molecule has 0 spiro atoms. The van der Waals surface area contributed by atoms with Crippen molar-refractivity contribution in [1.29, 1.82) is 0 Å². The van der Waals surface area contributed by atoms with Crippen LogP contribution in [0.25, 0.3) is 0 Å². The van der Waals surface area contributed by atoms with E-state index in [0.29, 0.717) is 5.56 Å². The van der Waals surface area contributed by atoms with E-state index in [1.54, 1.807) is 6.07 Å². The van der Waals surface area contributed by atoms with Gasteiger partial charge in [-0.05, 0) is 24.6 Å². The Bertz CT molecular complexity index is 526. The van der Waals surface area contributed by atoms with Crippen LogP contribution in [0.1, 0.15) is 30.5 Å². The SMILES string of the molecule is CCCNC(c1ccccc1)c1cccc(F)c1F. The minimum absolute atomic E-state index is 0.322. The van der Waals surface area contributed by atoms with Crippen LogP contribution >= 0.6 is 0 Å². The smallest absolute Gasteiger partial charge is 0.163 e. The Morgan fingerprint density at radius 2 is 1.74 bits per heavy atom. The Balaban J connectivity index is 2.40. The molecule has 0 amide bonds. The van der Waals surface area contributed by atoms with Gasteiger partial charge in [0.05, 0.1) is 6.04 Å². The fraction of sp³-hybridized carbons (Fsp3) is 0.250. The third-order valence-electron chi connectivity index (χ3n) is 3.02. The van der Waals surface area contributed by atoms with Gasteiger partial charge in [0.2, 0.25) is 0 Å². The van der Waals surface area contributed by atoms with Gasteiger partial charge in [0.1, 0.15) is 0 Å². The van der Waals surface area contributed by atoms with E-state index < -0.39 is 11.6 Å². The lowest BCUT2D eigenvalue weighted by Crippen LogP contribution is -2.24. The Morgan fingerprint density at radius 1 is 1.00 bits per heavy atom. The number of rotatable bonds is 5. The average Bonchev–Trinajstić information content (AvgIpc) is 2.45. The van der Waals surface area contributed by atoms with Crippen LogP contribution in [0.2, 0.25) is 0 Å². The number of nitrogens with one attached hydrogen (secondary N) is 1. The molecule has 0 radical (unpaired) electrons. The van der Waals surface area contributed by atoms with E-state index >= 15 is 0 Å². The van der Waals surface area contributed by atoms with Crippen LogP contribution in [0.5, 0.6) is 0 Å². The van der Waals surface area contributed by atoms with Gasteiger partial charge >= 0.3 is 0 Å². The van der Waals surface area contributed by atoms with Crippen LogP contribution < -0.4 is 5.32 Å². The quantitative estimate of drug-likeness (QED) is 0.856. The summed E-state index contributed by atoms with van der Waals surface area (Å²) in [5.74, 6) is -1.59. The maximum absolute atomic E-state index is 13.9. The third kappa shape index (κ3) is 3.18. The predicted molar refractivity (Wildman–Crippen MR) is 72.9 cm³/mol. The molecule has 1 unspecified atom stereocenters. The van der Waals surface area contributed by atoms with E-state index in [-0.39, 0.29) is 6.04 Å². The van der Waals surface area contributed by atoms with Crippen molar-refractivity contribution in [2.24, 2.45) is 0 Å². The topological polar surface area (TPSA) is 12.0 Å². The second-order valence-corrected chi connectivity index (χ2v) is 4.44. The van der Waals surface area contributed by atoms with Crippen molar-refractivity contribution in [3.8, 4) is 0 Å². The Kier molecular flexibility index (Phi) is 4.63. The van der Waals surface area contributed by atoms with Crippen LogP contribution in [0.15, 0.2) is 48.5 Å². The van der Waals surface area contributed by atoms with E-state index in [0.717, 1.165) is 24.6 Å². The lowest BCUT2D eigenvalue weighted by molar-refractivity contribution is 0.480. The molecule has 1 atom stereocenters. The molecule has 1 N–H and O–H groups in total. The highest BCUT2D eigenvalue weighted by Gasteiger charge is 2.18. The lowest BCUT2D eigenvalue weighted by atomic mass is 9.98. The fourth-order valence-electron chi connectivity index (χ4n) is 2.08. The van der Waals surface area contributed by atoms with Crippen molar-refractivity contribution in [2.45, 2.75) is 19.4 Å². The average molecular weight is 261 g/mol. The van der Waals surface area contributed by atoms with Crippen LogP contribution in [0.4, 0.5) is 8.78 Å². The van der Waals surface area contributed by atoms with E-state index in [2.05, 4.69) is 5.32 Å². The molecule has 0 saturated heterocycles. The maximum Gasteiger partial charge on any atom is 0.163 e. The summed E-state index contributed by atoms with van der Waals surface area (Å²) in [6.07, 6.45) is 0.931. The van der Waals surface area contributed by atoms with Gasteiger partial charge in [-0.2, -0.15) is 0 Å². The Morgan fingerprint density at radius 3 is 2.42 bits per heavy atom. The summed E-state index contributed by atoms with van der Waals surface area (Å²) < 4.78 is 27.3. The monoisotopic (exact) mass is 261 g/mol. The highest BCUT2D eigenvalue weighted by Crippen LogP contribution is 2.25. The summed E-state index contributed by atoms with van der Waals surface area (Å²) in [5.41, 5.74) is 1.28. The van der Waals surface area contributed by atoms with E-state index in [9.17, 15) is 8.78 Å². The zero-order valence-electron chi connectivity index (χ0n) is 10.9. The molecule has 2 aromatic carbocycles. The molecular formula is C16H17F2N. The molecule has 0 bridgehead atoms. The lowest BCUT2D eigenvalue weighted by Gasteiger charge is -2.20. The second-order valence-electron chi connectivity index (χ2n) is 4.44. The van der Waals surface area contributed by atoms with Gasteiger partial charge in [-0.1, -0.05) is 49.4 Å². The third-order valence-corrected chi connectivity index (χ3v) is 3.02. The molecule has 2 rings (SSSR count). The van der Waals surface area contributed by atoms with Gasteiger partial charge in [-0.3, -0.25) is 0 Å². The number of hydrogen-bond donors (Lipinski definition) is 1. The largest absolute Gasteiger partial charge is 0.306 e. The normalized spacial score (nSPS) is 12.4. The van der Waals surface area contributed by atoms with E-state index in [1.165, 1.54) is 6.07 Å². The standard InChI is InChI=1S/C16H17F2N/c1-2-11-19-16(12-7-4-3-5-8-12)13-9-6-10-14(17)15(13)18/h3-10,16,19H,2,11H2,1H3. The van der Waals surface area contributed by atoms with Gasteiger partial charge < -0.3 is 5.32 Å². The van der Waals surface area contributed by atoms with Crippen LogP contribution in [0, 0.1) is 11.6 Å². The Labute approximate surface area is 112 Å². The predicted octanol–water partition coefficient (Wildman–Crippen LogP) is 4.05. The molecule has 0 aliphatic carbocycles. The molecule has 3 heteroatoms. The zero-order chi connectivity index (χ0) is 13.7. The first-order valence-corrected chi connectivity index (χ1v) is 6.46. The van der Waals surface area contributed by atoms with Gasteiger partial charge in [-0.15, -0.1) is 0 Å². The van der Waals surface area contributed by atoms with E-state index in [1.807, 2.05) is 37.3 Å². The highest BCUT2D eigenvalue weighted by molar-refractivity contribution is 5.33. The first-order chi connectivity index (χ1) is 9.24.